The molecule has 4 nitrogen and oxygen atoms in total. The minimum atomic E-state index is -0.298. The summed E-state index contributed by atoms with van der Waals surface area (Å²) in [5.74, 6) is -0.298. The Morgan fingerprint density at radius 3 is 2.92 bits per heavy atom. The molecule has 1 aromatic heterocycles. The predicted octanol–water partition coefficient (Wildman–Crippen LogP) is 4.39. The molecule has 0 unspecified atom stereocenters. The SMILES string of the molecule is CCc1cccc(NC(=S)Nc2sc3c(c2C(=O)OC)CCC3)c1. The van der Waals surface area contributed by atoms with Crippen molar-refractivity contribution in [1.82, 2.24) is 0 Å². The van der Waals surface area contributed by atoms with Crippen LogP contribution >= 0.6 is 23.6 Å². The van der Waals surface area contributed by atoms with Gasteiger partial charge in [0.15, 0.2) is 5.11 Å². The van der Waals surface area contributed by atoms with Crippen LogP contribution in [0.3, 0.4) is 0 Å². The first-order valence-corrected chi connectivity index (χ1v) is 9.24. The lowest BCUT2D eigenvalue weighted by molar-refractivity contribution is 0.0601. The van der Waals surface area contributed by atoms with Gasteiger partial charge in [-0.1, -0.05) is 19.1 Å². The normalized spacial score (nSPS) is 12.6. The second kappa shape index (κ2) is 7.32. The zero-order valence-electron chi connectivity index (χ0n) is 13.8. The molecule has 1 aliphatic rings. The molecule has 6 heteroatoms. The first-order chi connectivity index (χ1) is 11.6. The zero-order chi connectivity index (χ0) is 17.1. The van der Waals surface area contributed by atoms with Gasteiger partial charge in [0.05, 0.1) is 12.7 Å². The number of esters is 1. The van der Waals surface area contributed by atoms with Gasteiger partial charge in [-0.2, -0.15) is 0 Å². The van der Waals surface area contributed by atoms with Gasteiger partial charge < -0.3 is 15.4 Å². The van der Waals surface area contributed by atoms with E-state index in [1.807, 2.05) is 12.1 Å². The first kappa shape index (κ1) is 16.9. The third kappa shape index (κ3) is 3.44. The number of thiocarbonyl (C=S) groups is 1. The van der Waals surface area contributed by atoms with E-state index in [4.69, 9.17) is 17.0 Å². The number of hydrogen-bond acceptors (Lipinski definition) is 4. The van der Waals surface area contributed by atoms with E-state index >= 15 is 0 Å². The molecule has 0 atom stereocenters. The fourth-order valence-electron chi connectivity index (χ4n) is 2.94. The summed E-state index contributed by atoms with van der Waals surface area (Å²) in [5.41, 5.74) is 3.94. The van der Waals surface area contributed by atoms with Crippen LogP contribution in [0.1, 0.15) is 39.7 Å². The smallest absolute Gasteiger partial charge is 0.341 e. The van der Waals surface area contributed by atoms with E-state index in [2.05, 4.69) is 29.7 Å². The highest BCUT2D eigenvalue weighted by Crippen LogP contribution is 2.39. The molecule has 0 saturated carbocycles. The number of fused-ring (bicyclic) bond motifs is 1. The summed E-state index contributed by atoms with van der Waals surface area (Å²) in [6.45, 7) is 2.12. The van der Waals surface area contributed by atoms with E-state index in [0.717, 1.165) is 41.9 Å². The highest BCUT2D eigenvalue weighted by molar-refractivity contribution is 7.80. The Kier molecular flexibility index (Phi) is 5.16. The lowest BCUT2D eigenvalue weighted by atomic mass is 10.1. The molecule has 2 N–H and O–H groups in total. The summed E-state index contributed by atoms with van der Waals surface area (Å²) < 4.78 is 4.95. The number of methoxy groups -OCH3 is 1. The van der Waals surface area contributed by atoms with Crippen molar-refractivity contribution in [3.63, 3.8) is 0 Å². The molecule has 0 saturated heterocycles. The van der Waals surface area contributed by atoms with Crippen molar-refractivity contribution >= 4 is 45.3 Å². The van der Waals surface area contributed by atoms with E-state index in [1.165, 1.54) is 17.6 Å². The van der Waals surface area contributed by atoms with Crippen LogP contribution in [-0.2, 0) is 24.0 Å². The number of benzene rings is 1. The number of hydrogen-bond donors (Lipinski definition) is 2. The van der Waals surface area contributed by atoms with Gasteiger partial charge in [-0.25, -0.2) is 4.79 Å². The maximum atomic E-state index is 12.2. The van der Waals surface area contributed by atoms with Crippen molar-refractivity contribution in [2.45, 2.75) is 32.6 Å². The molecule has 0 spiro atoms. The Morgan fingerprint density at radius 2 is 2.17 bits per heavy atom. The summed E-state index contributed by atoms with van der Waals surface area (Å²) in [6, 6.07) is 8.14. The van der Waals surface area contributed by atoms with Crippen LogP contribution in [0, 0.1) is 0 Å². The third-order valence-electron chi connectivity index (χ3n) is 4.13. The highest BCUT2D eigenvalue weighted by Gasteiger charge is 2.27. The number of thiophene rings is 1. The van der Waals surface area contributed by atoms with Crippen molar-refractivity contribution in [3.05, 3.63) is 45.8 Å². The fraction of sp³-hybridized carbons (Fsp3) is 0.333. The molecule has 1 heterocycles. The Bertz CT molecular complexity index is 783. The summed E-state index contributed by atoms with van der Waals surface area (Å²) in [4.78, 5) is 13.4. The zero-order valence-corrected chi connectivity index (χ0v) is 15.4. The average Bonchev–Trinajstić information content (AvgIpc) is 3.14. The molecule has 126 valence electrons. The molecule has 0 bridgehead atoms. The second-order valence-electron chi connectivity index (χ2n) is 5.69. The molecule has 3 rings (SSSR count). The van der Waals surface area contributed by atoms with E-state index in [9.17, 15) is 4.79 Å². The van der Waals surface area contributed by atoms with Crippen LogP contribution < -0.4 is 10.6 Å². The Balaban J connectivity index is 1.78. The quantitative estimate of drug-likeness (QED) is 0.625. The third-order valence-corrected chi connectivity index (χ3v) is 5.54. The Morgan fingerprint density at radius 1 is 1.33 bits per heavy atom. The van der Waals surface area contributed by atoms with Gasteiger partial charge >= 0.3 is 5.97 Å². The maximum Gasteiger partial charge on any atom is 0.341 e. The van der Waals surface area contributed by atoms with Gasteiger partial charge in [0, 0.05) is 10.6 Å². The van der Waals surface area contributed by atoms with Crippen molar-refractivity contribution in [1.29, 1.82) is 0 Å². The summed E-state index contributed by atoms with van der Waals surface area (Å²) in [5, 5.41) is 7.62. The van der Waals surface area contributed by atoms with Crippen LogP contribution in [0.2, 0.25) is 0 Å². The lowest BCUT2D eigenvalue weighted by Crippen LogP contribution is -2.20. The number of carbonyl (C=O) groups is 1. The summed E-state index contributed by atoms with van der Waals surface area (Å²) in [7, 11) is 1.41. The van der Waals surface area contributed by atoms with Gasteiger partial charge in [0.1, 0.15) is 5.00 Å². The molecule has 0 amide bonds. The van der Waals surface area contributed by atoms with Crippen LogP contribution in [0.5, 0.6) is 0 Å². The number of ether oxygens (including phenoxy) is 1. The van der Waals surface area contributed by atoms with E-state index in [-0.39, 0.29) is 5.97 Å². The van der Waals surface area contributed by atoms with Crippen LogP contribution in [-0.4, -0.2) is 18.2 Å². The molecule has 0 fully saturated rings. The summed E-state index contributed by atoms with van der Waals surface area (Å²) in [6.07, 6.45) is 4.01. The van der Waals surface area contributed by atoms with Gasteiger partial charge in [0.2, 0.25) is 0 Å². The molecule has 0 aliphatic heterocycles. The van der Waals surface area contributed by atoms with Crippen LogP contribution in [0.15, 0.2) is 24.3 Å². The van der Waals surface area contributed by atoms with E-state index in [0.29, 0.717) is 10.7 Å². The Hall–Kier alpha value is -1.92. The second-order valence-corrected chi connectivity index (χ2v) is 7.20. The van der Waals surface area contributed by atoms with Gasteiger partial charge in [0.25, 0.3) is 0 Å². The first-order valence-electron chi connectivity index (χ1n) is 8.02. The van der Waals surface area contributed by atoms with E-state index < -0.39 is 0 Å². The van der Waals surface area contributed by atoms with Crippen molar-refractivity contribution in [2.75, 3.05) is 17.7 Å². The minimum absolute atomic E-state index is 0.298. The van der Waals surface area contributed by atoms with Gasteiger partial charge in [-0.15, -0.1) is 11.3 Å². The largest absolute Gasteiger partial charge is 0.465 e. The van der Waals surface area contributed by atoms with Gasteiger partial charge in [-0.05, 0) is 61.2 Å². The topological polar surface area (TPSA) is 50.4 Å². The highest BCUT2D eigenvalue weighted by atomic mass is 32.1. The van der Waals surface area contributed by atoms with Crippen molar-refractivity contribution in [3.8, 4) is 0 Å². The van der Waals surface area contributed by atoms with Crippen molar-refractivity contribution in [2.24, 2.45) is 0 Å². The number of anilines is 2. The monoisotopic (exact) mass is 360 g/mol. The minimum Gasteiger partial charge on any atom is -0.465 e. The number of aryl methyl sites for hydroxylation is 2. The van der Waals surface area contributed by atoms with Gasteiger partial charge in [-0.3, -0.25) is 0 Å². The summed E-state index contributed by atoms with van der Waals surface area (Å²) >= 11 is 7.02. The standard InChI is InChI=1S/C18H20N2O2S2/c1-3-11-6-4-7-12(10-11)19-18(23)20-16-15(17(21)22-2)13-8-5-9-14(13)24-16/h4,6-7,10H,3,5,8-9H2,1-2H3,(H2,19,20,23). The Labute approximate surface area is 151 Å². The molecular formula is C18H20N2O2S2. The number of rotatable bonds is 4. The fourth-order valence-corrected chi connectivity index (χ4v) is 4.51. The van der Waals surface area contributed by atoms with E-state index in [1.54, 1.807) is 11.3 Å². The number of nitrogens with one attached hydrogen (secondary N) is 2. The molecule has 24 heavy (non-hydrogen) atoms. The molecule has 1 aromatic carbocycles. The molecule has 0 radical (unpaired) electrons. The van der Waals surface area contributed by atoms with Crippen LogP contribution in [0.25, 0.3) is 0 Å². The average molecular weight is 361 g/mol. The molecule has 1 aliphatic carbocycles. The predicted molar refractivity (Wildman–Crippen MR) is 103 cm³/mol. The van der Waals surface area contributed by atoms with Crippen LogP contribution in [0.4, 0.5) is 10.7 Å². The molecule has 2 aromatic rings. The maximum absolute atomic E-state index is 12.2. The number of carbonyl (C=O) groups excluding carboxylic acids is 1. The lowest BCUT2D eigenvalue weighted by Gasteiger charge is -2.12. The molecular weight excluding hydrogens is 340 g/mol. The van der Waals surface area contributed by atoms with Crippen molar-refractivity contribution < 1.29 is 9.53 Å².